The number of piperazine rings is 1. The highest BCUT2D eigenvalue weighted by Gasteiger charge is 2.36. The van der Waals surface area contributed by atoms with Crippen molar-refractivity contribution in [2.24, 2.45) is 5.41 Å². The maximum Gasteiger partial charge on any atom is 0.156 e. The molecule has 2 fully saturated rings. The first-order valence-electron chi connectivity index (χ1n) is 11.2. The van der Waals surface area contributed by atoms with Crippen molar-refractivity contribution in [3.63, 3.8) is 0 Å². The van der Waals surface area contributed by atoms with E-state index in [1.807, 2.05) is 12.4 Å². The van der Waals surface area contributed by atoms with Crippen molar-refractivity contribution in [3.05, 3.63) is 42.2 Å². The van der Waals surface area contributed by atoms with Crippen LogP contribution in [0.25, 0.3) is 22.4 Å². The highest BCUT2D eigenvalue weighted by atomic mass is 16.3. The van der Waals surface area contributed by atoms with Gasteiger partial charge < -0.3 is 20.3 Å². The van der Waals surface area contributed by atoms with Gasteiger partial charge in [-0.05, 0) is 30.4 Å². The highest BCUT2D eigenvalue weighted by molar-refractivity contribution is 5.78. The maximum atomic E-state index is 11.2. The zero-order valence-corrected chi connectivity index (χ0v) is 17.7. The fourth-order valence-corrected chi connectivity index (χ4v) is 5.03. The van der Waals surface area contributed by atoms with Gasteiger partial charge in [-0.3, -0.25) is 0 Å². The molecule has 1 saturated heterocycles. The van der Waals surface area contributed by atoms with Crippen LogP contribution in [0.5, 0.6) is 0 Å². The Morgan fingerprint density at radius 3 is 2.53 bits per heavy atom. The van der Waals surface area contributed by atoms with Crippen LogP contribution in [0, 0.1) is 5.41 Å². The van der Waals surface area contributed by atoms with Gasteiger partial charge in [-0.15, -0.1) is 0 Å². The Kier molecular flexibility index (Phi) is 5.21. The number of anilines is 1. The predicted molar refractivity (Wildman–Crippen MR) is 121 cm³/mol. The number of nitrogens with zero attached hydrogens (tertiary/aromatic N) is 3. The molecule has 1 unspecified atom stereocenters. The molecule has 3 aromatic rings. The molecular weight excluding hydrogens is 374 g/mol. The normalized spacial score (nSPS) is 20.4. The predicted octanol–water partition coefficient (Wildman–Crippen LogP) is 4.04. The van der Waals surface area contributed by atoms with Gasteiger partial charge >= 0.3 is 0 Å². The monoisotopic (exact) mass is 405 g/mol. The number of fused-ring (bicyclic) bond motifs is 1. The van der Waals surface area contributed by atoms with E-state index in [4.69, 9.17) is 4.98 Å². The lowest BCUT2D eigenvalue weighted by Gasteiger charge is -2.37. The molecule has 6 nitrogen and oxygen atoms in total. The van der Waals surface area contributed by atoms with Crippen molar-refractivity contribution < 1.29 is 5.11 Å². The molecule has 6 heteroatoms. The van der Waals surface area contributed by atoms with Crippen LogP contribution < -0.4 is 10.2 Å². The summed E-state index contributed by atoms with van der Waals surface area (Å²) in [7, 11) is 0. The van der Waals surface area contributed by atoms with Crippen LogP contribution in [-0.4, -0.2) is 46.2 Å². The van der Waals surface area contributed by atoms with Crippen LogP contribution in [0.15, 0.2) is 36.7 Å². The first kappa shape index (κ1) is 19.5. The van der Waals surface area contributed by atoms with Crippen molar-refractivity contribution in [2.45, 2.75) is 45.1 Å². The zero-order chi connectivity index (χ0) is 20.6. The summed E-state index contributed by atoms with van der Waals surface area (Å²) in [5.41, 5.74) is 5.46. The minimum atomic E-state index is -0.522. The van der Waals surface area contributed by atoms with Crippen LogP contribution in [0.3, 0.4) is 0 Å². The summed E-state index contributed by atoms with van der Waals surface area (Å²) in [6.45, 7) is 6.34. The first-order valence-corrected chi connectivity index (χ1v) is 11.2. The molecular formula is C24H31N5O. The summed E-state index contributed by atoms with van der Waals surface area (Å²) in [4.78, 5) is 15.1. The smallest absolute Gasteiger partial charge is 0.156 e. The van der Waals surface area contributed by atoms with E-state index in [1.54, 1.807) is 0 Å². The quantitative estimate of drug-likeness (QED) is 0.611. The molecule has 0 bridgehead atoms. The van der Waals surface area contributed by atoms with Gasteiger partial charge in [0.1, 0.15) is 5.52 Å². The highest BCUT2D eigenvalue weighted by Crippen LogP contribution is 2.46. The second-order valence-corrected chi connectivity index (χ2v) is 9.10. The van der Waals surface area contributed by atoms with Crippen molar-refractivity contribution in [2.75, 3.05) is 31.1 Å². The average molecular weight is 406 g/mol. The standard InChI is InChI=1S/C24H31N5O/c1-24(9-3-2-4-10-24)22(30)19-15-26-23-21(19)28-20(16-27-23)17-5-7-18(8-6-17)29-13-11-25-12-14-29/h5-8,15-16,22,25,30H,2-4,9-14H2,1H3,(H,26,27). The molecule has 1 aromatic carbocycles. The molecule has 3 heterocycles. The SMILES string of the molecule is CC1(C(O)c2c[nH]c3ncc(-c4ccc(N5CCNCC5)cc4)nc23)CCCCC1. The van der Waals surface area contributed by atoms with Gasteiger partial charge in [0.15, 0.2) is 5.65 Å². The van der Waals surface area contributed by atoms with Gasteiger partial charge in [0.2, 0.25) is 0 Å². The summed E-state index contributed by atoms with van der Waals surface area (Å²) < 4.78 is 0. The molecule has 2 aromatic heterocycles. The average Bonchev–Trinajstić information content (AvgIpc) is 3.23. The molecule has 1 aliphatic carbocycles. The molecule has 3 N–H and O–H groups in total. The van der Waals surface area contributed by atoms with Gasteiger partial charge in [0.25, 0.3) is 0 Å². The molecule has 5 rings (SSSR count). The number of aliphatic hydroxyl groups excluding tert-OH is 1. The topological polar surface area (TPSA) is 77.1 Å². The Morgan fingerprint density at radius 2 is 1.80 bits per heavy atom. The van der Waals surface area contributed by atoms with E-state index in [2.05, 4.69) is 51.4 Å². The van der Waals surface area contributed by atoms with Crippen LogP contribution in [-0.2, 0) is 0 Å². The molecule has 0 radical (unpaired) electrons. The number of H-pyrrole nitrogens is 1. The number of benzene rings is 1. The lowest BCUT2D eigenvalue weighted by molar-refractivity contribution is 0.00908. The van der Waals surface area contributed by atoms with Crippen molar-refractivity contribution in [3.8, 4) is 11.3 Å². The minimum absolute atomic E-state index is 0.0873. The Labute approximate surface area is 177 Å². The molecule has 158 valence electrons. The van der Waals surface area contributed by atoms with E-state index in [0.29, 0.717) is 0 Å². The molecule has 1 atom stereocenters. The molecule has 1 aliphatic heterocycles. The Bertz CT molecular complexity index is 1000. The lowest BCUT2D eigenvalue weighted by atomic mass is 9.70. The van der Waals surface area contributed by atoms with Crippen molar-refractivity contribution >= 4 is 16.9 Å². The van der Waals surface area contributed by atoms with Gasteiger partial charge in [0.05, 0.1) is 18.0 Å². The number of aromatic nitrogens is 3. The fourth-order valence-electron chi connectivity index (χ4n) is 5.03. The number of hydrogen-bond acceptors (Lipinski definition) is 5. The van der Waals surface area contributed by atoms with Crippen molar-refractivity contribution in [1.29, 1.82) is 0 Å². The Balaban J connectivity index is 1.44. The van der Waals surface area contributed by atoms with E-state index in [-0.39, 0.29) is 5.41 Å². The summed E-state index contributed by atoms with van der Waals surface area (Å²) in [5.74, 6) is 0. The van der Waals surface area contributed by atoms with E-state index in [1.165, 1.54) is 24.9 Å². The molecule has 0 spiro atoms. The zero-order valence-electron chi connectivity index (χ0n) is 17.7. The second-order valence-electron chi connectivity index (χ2n) is 9.10. The summed E-state index contributed by atoms with van der Waals surface area (Å²) in [6.07, 6.45) is 8.95. The number of nitrogens with one attached hydrogen (secondary N) is 2. The van der Waals surface area contributed by atoms with E-state index in [9.17, 15) is 5.11 Å². The third-order valence-corrected chi connectivity index (χ3v) is 7.01. The van der Waals surface area contributed by atoms with E-state index < -0.39 is 6.10 Å². The second kappa shape index (κ2) is 8.00. The molecule has 30 heavy (non-hydrogen) atoms. The van der Waals surface area contributed by atoms with Crippen LogP contribution in [0.4, 0.5) is 5.69 Å². The largest absolute Gasteiger partial charge is 0.388 e. The van der Waals surface area contributed by atoms with Gasteiger partial charge in [0, 0.05) is 49.2 Å². The van der Waals surface area contributed by atoms with Crippen LogP contribution in [0.1, 0.15) is 50.7 Å². The van der Waals surface area contributed by atoms with Gasteiger partial charge in [-0.2, -0.15) is 0 Å². The summed E-state index contributed by atoms with van der Waals surface area (Å²) in [6, 6.07) is 8.59. The van der Waals surface area contributed by atoms with E-state index >= 15 is 0 Å². The third kappa shape index (κ3) is 3.59. The molecule has 2 aliphatic rings. The number of hydrogen-bond donors (Lipinski definition) is 3. The van der Waals surface area contributed by atoms with Gasteiger partial charge in [-0.1, -0.05) is 38.3 Å². The maximum absolute atomic E-state index is 11.2. The van der Waals surface area contributed by atoms with Crippen molar-refractivity contribution in [1.82, 2.24) is 20.3 Å². The number of rotatable bonds is 4. The Morgan fingerprint density at radius 1 is 1.07 bits per heavy atom. The summed E-state index contributed by atoms with van der Waals surface area (Å²) in [5, 5.41) is 14.6. The van der Waals surface area contributed by atoms with Crippen LogP contribution in [0.2, 0.25) is 0 Å². The first-order chi connectivity index (χ1) is 14.6. The minimum Gasteiger partial charge on any atom is -0.388 e. The number of aromatic amines is 1. The number of aliphatic hydroxyl groups is 1. The lowest BCUT2D eigenvalue weighted by Crippen LogP contribution is -2.43. The van der Waals surface area contributed by atoms with E-state index in [0.717, 1.165) is 67.0 Å². The van der Waals surface area contributed by atoms with Crippen LogP contribution >= 0.6 is 0 Å². The molecule has 1 saturated carbocycles. The summed E-state index contributed by atoms with van der Waals surface area (Å²) >= 11 is 0. The van der Waals surface area contributed by atoms with Gasteiger partial charge in [-0.25, -0.2) is 9.97 Å². The third-order valence-electron chi connectivity index (χ3n) is 7.01. The Hall–Kier alpha value is -2.44. The molecule has 0 amide bonds. The fraction of sp³-hybridized carbons (Fsp3) is 0.500.